The van der Waals surface area contributed by atoms with Crippen LogP contribution in [0.4, 0.5) is 8.78 Å². The number of hydrogen-bond acceptors (Lipinski definition) is 2. The highest BCUT2D eigenvalue weighted by Crippen LogP contribution is 2.61. The topological polar surface area (TPSA) is 40.1 Å². The second-order valence-electron chi connectivity index (χ2n) is 4.64. The van der Waals surface area contributed by atoms with Crippen molar-refractivity contribution < 1.29 is 18.7 Å². The monoisotopic (exact) mass is 247 g/mol. The largest absolute Gasteiger partial charge is 0.549 e. The fourth-order valence-corrected chi connectivity index (χ4v) is 2.40. The van der Waals surface area contributed by atoms with Gasteiger partial charge in [-0.25, -0.2) is 8.78 Å². The van der Waals surface area contributed by atoms with Gasteiger partial charge >= 0.3 is 0 Å². The van der Waals surface area contributed by atoms with Crippen LogP contribution in [0.25, 0.3) is 10.8 Å². The summed E-state index contributed by atoms with van der Waals surface area (Å²) in [4.78, 5) is 11.0. The number of halogens is 2. The number of benzene rings is 2. The average Bonchev–Trinajstić information content (AvgIpc) is 2.93. The van der Waals surface area contributed by atoms with Crippen LogP contribution in [0, 0.1) is 0 Å². The normalized spacial score (nSPS) is 25.0. The third-order valence-corrected chi connectivity index (χ3v) is 3.58. The third-order valence-electron chi connectivity index (χ3n) is 3.58. The fraction of sp³-hybridized carbons (Fsp3) is 0.214. The van der Waals surface area contributed by atoms with Crippen LogP contribution in [0.5, 0.6) is 0 Å². The van der Waals surface area contributed by atoms with Crippen LogP contribution >= 0.6 is 0 Å². The summed E-state index contributed by atoms with van der Waals surface area (Å²) in [5.74, 6) is -4.92. The smallest absolute Gasteiger partial charge is 0.264 e. The molecule has 4 heteroatoms. The maximum Gasteiger partial charge on any atom is 0.264 e. The van der Waals surface area contributed by atoms with Crippen molar-refractivity contribution in [3.8, 4) is 0 Å². The van der Waals surface area contributed by atoms with Gasteiger partial charge in [0.15, 0.2) is 0 Å². The van der Waals surface area contributed by atoms with Crippen LogP contribution in [-0.4, -0.2) is 11.9 Å². The fourth-order valence-electron chi connectivity index (χ4n) is 2.40. The summed E-state index contributed by atoms with van der Waals surface area (Å²) in [5.41, 5.74) is -2.02. The second kappa shape index (κ2) is 3.28. The Labute approximate surface area is 102 Å². The van der Waals surface area contributed by atoms with Crippen molar-refractivity contribution in [1.29, 1.82) is 0 Å². The minimum absolute atomic E-state index is 0.117. The quantitative estimate of drug-likeness (QED) is 0.812. The molecule has 2 aromatic rings. The first-order valence-electron chi connectivity index (χ1n) is 5.56. The predicted molar refractivity (Wildman–Crippen MR) is 60.2 cm³/mol. The molecule has 1 aliphatic rings. The first kappa shape index (κ1) is 11.1. The number of aliphatic carboxylic acids is 1. The molecule has 2 nitrogen and oxygen atoms in total. The minimum atomic E-state index is -3.21. The molecule has 1 aliphatic carbocycles. The number of carbonyl (C=O) groups excluding carboxylic acids is 1. The first-order chi connectivity index (χ1) is 8.47. The van der Waals surface area contributed by atoms with Gasteiger partial charge in [-0.05, 0) is 22.4 Å². The van der Waals surface area contributed by atoms with Gasteiger partial charge in [0.1, 0.15) is 5.41 Å². The number of carboxylic acid groups (broad SMARTS) is 1. The van der Waals surface area contributed by atoms with Crippen molar-refractivity contribution >= 4 is 16.7 Å². The second-order valence-corrected chi connectivity index (χ2v) is 4.64. The zero-order valence-electron chi connectivity index (χ0n) is 9.32. The van der Waals surface area contributed by atoms with Crippen LogP contribution in [0.3, 0.4) is 0 Å². The van der Waals surface area contributed by atoms with Gasteiger partial charge in [0.05, 0.1) is 5.97 Å². The standard InChI is InChI=1S/C14H10F2O2/c15-14(16)8-13(14,12(17)18)11-6-5-9-3-1-2-4-10(9)7-11/h1-7H,8H2,(H,17,18)/p-1. The Hall–Kier alpha value is -1.97. The molecular formula is C14H9F2O2-. The molecule has 2 aromatic carbocycles. The highest BCUT2D eigenvalue weighted by molar-refractivity contribution is 5.90. The van der Waals surface area contributed by atoms with Crippen LogP contribution in [0.15, 0.2) is 42.5 Å². The van der Waals surface area contributed by atoms with Crippen LogP contribution < -0.4 is 5.11 Å². The van der Waals surface area contributed by atoms with Gasteiger partial charge in [-0.2, -0.15) is 0 Å². The molecule has 0 saturated heterocycles. The molecule has 0 radical (unpaired) electrons. The van der Waals surface area contributed by atoms with Gasteiger partial charge in [0, 0.05) is 6.42 Å². The Bertz CT molecular complexity index is 651. The Morgan fingerprint density at radius 1 is 1.11 bits per heavy atom. The van der Waals surface area contributed by atoms with E-state index in [1.165, 1.54) is 12.1 Å². The summed E-state index contributed by atoms with van der Waals surface area (Å²) in [5, 5.41) is 12.7. The maximum atomic E-state index is 13.4. The molecule has 0 amide bonds. The Balaban J connectivity index is 2.18. The van der Waals surface area contributed by atoms with Crippen molar-refractivity contribution in [3.63, 3.8) is 0 Å². The minimum Gasteiger partial charge on any atom is -0.549 e. The van der Waals surface area contributed by atoms with Crippen molar-refractivity contribution in [1.82, 2.24) is 0 Å². The van der Waals surface area contributed by atoms with E-state index in [-0.39, 0.29) is 5.56 Å². The third kappa shape index (κ3) is 1.29. The average molecular weight is 247 g/mol. The molecule has 1 saturated carbocycles. The summed E-state index contributed by atoms with van der Waals surface area (Å²) in [6, 6.07) is 11.8. The van der Waals surface area contributed by atoms with Crippen LogP contribution in [0.1, 0.15) is 12.0 Å². The molecule has 0 aromatic heterocycles. The molecule has 18 heavy (non-hydrogen) atoms. The lowest BCUT2D eigenvalue weighted by atomic mass is 9.93. The Morgan fingerprint density at radius 2 is 1.72 bits per heavy atom. The molecule has 92 valence electrons. The molecule has 0 bridgehead atoms. The van der Waals surface area contributed by atoms with Crippen molar-refractivity contribution in [2.24, 2.45) is 0 Å². The number of fused-ring (bicyclic) bond motifs is 1. The molecule has 1 unspecified atom stereocenters. The molecular weight excluding hydrogens is 238 g/mol. The van der Waals surface area contributed by atoms with E-state index >= 15 is 0 Å². The maximum absolute atomic E-state index is 13.4. The first-order valence-corrected chi connectivity index (χ1v) is 5.56. The van der Waals surface area contributed by atoms with E-state index in [0.717, 1.165) is 10.8 Å². The number of alkyl halides is 2. The van der Waals surface area contributed by atoms with Crippen molar-refractivity contribution in [2.75, 3.05) is 0 Å². The number of carbonyl (C=O) groups is 1. The van der Waals surface area contributed by atoms with Crippen LogP contribution in [-0.2, 0) is 10.2 Å². The SMILES string of the molecule is O=C([O-])C1(c2ccc3ccccc3c2)CC1(F)F. The highest BCUT2D eigenvalue weighted by Gasteiger charge is 2.73. The lowest BCUT2D eigenvalue weighted by Crippen LogP contribution is -2.39. The van der Waals surface area contributed by atoms with E-state index in [1.54, 1.807) is 18.2 Å². The molecule has 0 spiro atoms. The van der Waals surface area contributed by atoms with Gasteiger partial charge in [-0.3, -0.25) is 0 Å². The molecule has 1 atom stereocenters. The van der Waals surface area contributed by atoms with Gasteiger partial charge in [0.2, 0.25) is 0 Å². The van der Waals surface area contributed by atoms with E-state index in [2.05, 4.69) is 0 Å². The van der Waals surface area contributed by atoms with E-state index in [9.17, 15) is 18.7 Å². The summed E-state index contributed by atoms with van der Waals surface area (Å²) >= 11 is 0. The van der Waals surface area contributed by atoms with Crippen molar-refractivity contribution in [3.05, 3.63) is 48.0 Å². The zero-order chi connectivity index (χ0) is 13.0. The number of hydrogen-bond donors (Lipinski definition) is 0. The summed E-state index contributed by atoms with van der Waals surface area (Å²) in [6.45, 7) is 0. The number of carboxylic acids is 1. The van der Waals surface area contributed by atoms with E-state index in [4.69, 9.17) is 0 Å². The Morgan fingerprint density at radius 3 is 2.28 bits per heavy atom. The summed E-state index contributed by atoms with van der Waals surface area (Å²) in [6.07, 6.45) is -0.680. The van der Waals surface area contributed by atoms with Crippen LogP contribution in [0.2, 0.25) is 0 Å². The molecule has 0 aliphatic heterocycles. The van der Waals surface area contributed by atoms with Gasteiger partial charge in [-0.15, -0.1) is 0 Å². The highest BCUT2D eigenvalue weighted by atomic mass is 19.3. The predicted octanol–water partition coefficient (Wildman–Crippen LogP) is 1.87. The Kier molecular flexibility index (Phi) is 2.03. The summed E-state index contributed by atoms with van der Waals surface area (Å²) in [7, 11) is 0. The van der Waals surface area contributed by atoms with Gasteiger partial charge in [-0.1, -0.05) is 36.4 Å². The van der Waals surface area contributed by atoms with Gasteiger partial charge < -0.3 is 9.90 Å². The molecule has 1 fully saturated rings. The molecule has 0 N–H and O–H groups in total. The number of rotatable bonds is 2. The molecule has 3 rings (SSSR count). The van der Waals surface area contributed by atoms with E-state index in [0.29, 0.717) is 0 Å². The van der Waals surface area contributed by atoms with E-state index < -0.39 is 23.7 Å². The summed E-state index contributed by atoms with van der Waals surface area (Å²) < 4.78 is 26.7. The zero-order valence-corrected chi connectivity index (χ0v) is 9.32. The van der Waals surface area contributed by atoms with Gasteiger partial charge in [0.25, 0.3) is 5.92 Å². The van der Waals surface area contributed by atoms with E-state index in [1.807, 2.05) is 12.1 Å². The lowest BCUT2D eigenvalue weighted by Gasteiger charge is -2.18. The molecule has 0 heterocycles. The van der Waals surface area contributed by atoms with Crippen molar-refractivity contribution in [2.45, 2.75) is 17.8 Å². The lowest BCUT2D eigenvalue weighted by molar-refractivity contribution is -0.311.